The fraction of sp³-hybridized carbons (Fsp3) is 0.278. The lowest BCUT2D eigenvalue weighted by Gasteiger charge is -2.19. The molecule has 0 spiro atoms. The summed E-state index contributed by atoms with van der Waals surface area (Å²) in [5, 5.41) is 2.86. The van der Waals surface area contributed by atoms with E-state index >= 15 is 0 Å². The van der Waals surface area contributed by atoms with Crippen LogP contribution in [0, 0.1) is 0 Å². The molecule has 5 nitrogen and oxygen atoms in total. The van der Waals surface area contributed by atoms with E-state index in [9.17, 15) is 4.79 Å². The number of carbonyl (C=O) groups is 1. The molecular formula is C18H22N2O3S. The summed E-state index contributed by atoms with van der Waals surface area (Å²) in [7, 11) is 5.02. The number of nitrogens with one attached hydrogen (secondary N) is 1. The second-order valence-electron chi connectivity index (χ2n) is 5.20. The summed E-state index contributed by atoms with van der Waals surface area (Å²) in [6.07, 6.45) is 2.01. The third-order valence-electron chi connectivity index (χ3n) is 3.56. The predicted octanol–water partition coefficient (Wildman–Crippen LogP) is 4.09. The average Bonchev–Trinajstić information content (AvgIpc) is 2.62. The number of methoxy groups -OCH3 is 2. The molecule has 2 amide bonds. The van der Waals surface area contributed by atoms with Gasteiger partial charge in [-0.05, 0) is 48.2 Å². The van der Waals surface area contributed by atoms with Crippen LogP contribution in [0.25, 0.3) is 0 Å². The Hall–Kier alpha value is -2.34. The summed E-state index contributed by atoms with van der Waals surface area (Å²) in [6.45, 7) is 0.493. The van der Waals surface area contributed by atoms with E-state index in [4.69, 9.17) is 9.47 Å². The van der Waals surface area contributed by atoms with Crippen LogP contribution in [-0.2, 0) is 6.54 Å². The quantitative estimate of drug-likeness (QED) is 0.801. The Labute approximate surface area is 146 Å². The van der Waals surface area contributed by atoms with Crippen molar-refractivity contribution in [1.29, 1.82) is 0 Å². The maximum Gasteiger partial charge on any atom is 0.321 e. The van der Waals surface area contributed by atoms with Crippen LogP contribution in [0.5, 0.6) is 11.5 Å². The minimum absolute atomic E-state index is 0.173. The Morgan fingerprint density at radius 3 is 2.42 bits per heavy atom. The topological polar surface area (TPSA) is 50.8 Å². The Kier molecular flexibility index (Phi) is 6.37. The van der Waals surface area contributed by atoms with E-state index < -0.39 is 0 Å². The molecule has 0 aliphatic carbocycles. The number of thioether (sulfide) groups is 1. The molecule has 0 fully saturated rings. The number of rotatable bonds is 6. The summed E-state index contributed by atoms with van der Waals surface area (Å²) in [4.78, 5) is 15.0. The first kappa shape index (κ1) is 18.0. The van der Waals surface area contributed by atoms with E-state index in [1.54, 1.807) is 50.1 Å². The summed E-state index contributed by atoms with van der Waals surface area (Å²) >= 11 is 1.63. The molecule has 0 saturated heterocycles. The van der Waals surface area contributed by atoms with E-state index in [0.717, 1.165) is 27.6 Å². The highest BCUT2D eigenvalue weighted by molar-refractivity contribution is 7.98. The molecule has 6 heteroatoms. The zero-order chi connectivity index (χ0) is 17.5. The number of nitrogens with zero attached hydrogens (tertiary/aromatic N) is 1. The van der Waals surface area contributed by atoms with Gasteiger partial charge in [-0.15, -0.1) is 11.8 Å². The minimum Gasteiger partial charge on any atom is -0.497 e. The SMILES string of the molecule is COc1ccc(NC(=O)N(C)Cc2ccc(SC)c(OC)c2)cc1. The lowest BCUT2D eigenvalue weighted by atomic mass is 10.2. The van der Waals surface area contributed by atoms with Crippen molar-refractivity contribution in [3.8, 4) is 11.5 Å². The molecule has 0 radical (unpaired) electrons. The second kappa shape index (κ2) is 8.49. The van der Waals surface area contributed by atoms with Crippen molar-refractivity contribution in [3.05, 3.63) is 48.0 Å². The lowest BCUT2D eigenvalue weighted by Crippen LogP contribution is -2.30. The molecule has 0 unspecified atom stereocenters. The van der Waals surface area contributed by atoms with Crippen molar-refractivity contribution in [3.63, 3.8) is 0 Å². The molecule has 0 aliphatic rings. The Bertz CT molecular complexity index is 689. The fourth-order valence-electron chi connectivity index (χ4n) is 2.22. The van der Waals surface area contributed by atoms with E-state index in [0.29, 0.717) is 6.54 Å². The van der Waals surface area contributed by atoms with Crippen LogP contribution in [0.4, 0.5) is 10.5 Å². The molecule has 2 aromatic carbocycles. The van der Waals surface area contributed by atoms with E-state index in [-0.39, 0.29) is 6.03 Å². The minimum atomic E-state index is -0.173. The van der Waals surface area contributed by atoms with Gasteiger partial charge in [0, 0.05) is 24.2 Å². The number of hydrogen-bond acceptors (Lipinski definition) is 4. The van der Waals surface area contributed by atoms with Crippen molar-refractivity contribution in [2.75, 3.05) is 32.8 Å². The first-order valence-corrected chi connectivity index (χ1v) is 8.67. The van der Waals surface area contributed by atoms with Gasteiger partial charge in [0.1, 0.15) is 11.5 Å². The monoisotopic (exact) mass is 346 g/mol. The van der Waals surface area contributed by atoms with Crippen molar-refractivity contribution >= 4 is 23.5 Å². The highest BCUT2D eigenvalue weighted by atomic mass is 32.2. The first-order valence-electron chi connectivity index (χ1n) is 7.44. The summed E-state index contributed by atoms with van der Waals surface area (Å²) in [5.74, 6) is 1.58. The lowest BCUT2D eigenvalue weighted by molar-refractivity contribution is 0.220. The molecule has 0 atom stereocenters. The smallest absolute Gasteiger partial charge is 0.321 e. The molecule has 128 valence electrons. The van der Waals surface area contributed by atoms with E-state index in [2.05, 4.69) is 5.32 Å². The molecule has 0 heterocycles. The number of amides is 2. The normalized spacial score (nSPS) is 10.2. The molecule has 2 rings (SSSR count). The standard InChI is InChI=1S/C18H22N2O3S/c1-20(12-13-5-10-17(24-4)16(11-13)23-3)18(21)19-14-6-8-15(22-2)9-7-14/h5-11H,12H2,1-4H3,(H,19,21). The largest absolute Gasteiger partial charge is 0.497 e. The zero-order valence-corrected chi connectivity index (χ0v) is 15.1. The molecule has 2 aromatic rings. The summed E-state index contributed by atoms with van der Waals surface area (Å²) in [5.41, 5.74) is 1.74. The van der Waals surface area contributed by atoms with Gasteiger partial charge in [0.05, 0.1) is 14.2 Å². The Morgan fingerprint density at radius 2 is 1.83 bits per heavy atom. The van der Waals surface area contributed by atoms with Crippen LogP contribution in [0.2, 0.25) is 0 Å². The highest BCUT2D eigenvalue weighted by Crippen LogP contribution is 2.28. The third kappa shape index (κ3) is 4.58. The molecule has 0 aliphatic heterocycles. The van der Waals surface area contributed by atoms with Crippen LogP contribution in [0.15, 0.2) is 47.4 Å². The van der Waals surface area contributed by atoms with Gasteiger partial charge in [0.15, 0.2) is 0 Å². The number of hydrogen-bond donors (Lipinski definition) is 1. The van der Waals surface area contributed by atoms with Crippen molar-refractivity contribution in [2.24, 2.45) is 0 Å². The van der Waals surface area contributed by atoms with Gasteiger partial charge in [-0.25, -0.2) is 4.79 Å². The highest BCUT2D eigenvalue weighted by Gasteiger charge is 2.11. The molecule has 1 N–H and O–H groups in total. The van der Waals surface area contributed by atoms with Gasteiger partial charge in [-0.2, -0.15) is 0 Å². The molecule has 24 heavy (non-hydrogen) atoms. The third-order valence-corrected chi connectivity index (χ3v) is 4.33. The Morgan fingerprint density at radius 1 is 1.12 bits per heavy atom. The first-order chi connectivity index (χ1) is 11.6. The van der Waals surface area contributed by atoms with E-state index in [1.165, 1.54) is 0 Å². The van der Waals surface area contributed by atoms with Crippen LogP contribution in [-0.4, -0.2) is 38.5 Å². The van der Waals surface area contributed by atoms with Gasteiger partial charge in [0.2, 0.25) is 0 Å². The summed E-state index contributed by atoms with van der Waals surface area (Å²) in [6, 6.07) is 13.0. The van der Waals surface area contributed by atoms with Gasteiger partial charge >= 0.3 is 6.03 Å². The number of ether oxygens (including phenoxy) is 2. The molecule has 0 saturated carbocycles. The van der Waals surface area contributed by atoms with Gasteiger partial charge in [-0.3, -0.25) is 0 Å². The van der Waals surface area contributed by atoms with Crippen molar-refractivity contribution in [1.82, 2.24) is 4.90 Å². The van der Waals surface area contributed by atoms with Gasteiger partial charge < -0.3 is 19.7 Å². The van der Waals surface area contributed by atoms with Gasteiger partial charge in [0.25, 0.3) is 0 Å². The number of anilines is 1. The number of carbonyl (C=O) groups excluding carboxylic acids is 1. The van der Waals surface area contributed by atoms with Crippen LogP contribution >= 0.6 is 11.8 Å². The van der Waals surface area contributed by atoms with Crippen LogP contribution in [0.3, 0.4) is 0 Å². The molecule has 0 bridgehead atoms. The number of benzene rings is 2. The maximum absolute atomic E-state index is 12.3. The van der Waals surface area contributed by atoms with Crippen molar-refractivity contribution in [2.45, 2.75) is 11.4 Å². The Balaban J connectivity index is 2.00. The fourth-order valence-corrected chi connectivity index (χ4v) is 2.77. The summed E-state index contributed by atoms with van der Waals surface area (Å²) < 4.78 is 10.5. The second-order valence-corrected chi connectivity index (χ2v) is 6.05. The van der Waals surface area contributed by atoms with Gasteiger partial charge in [-0.1, -0.05) is 6.07 Å². The number of urea groups is 1. The van der Waals surface area contributed by atoms with Crippen LogP contribution < -0.4 is 14.8 Å². The maximum atomic E-state index is 12.3. The molecule has 0 aromatic heterocycles. The van der Waals surface area contributed by atoms with Crippen molar-refractivity contribution < 1.29 is 14.3 Å². The predicted molar refractivity (Wildman–Crippen MR) is 98.3 cm³/mol. The van der Waals surface area contributed by atoms with Crippen LogP contribution in [0.1, 0.15) is 5.56 Å². The zero-order valence-electron chi connectivity index (χ0n) is 14.3. The average molecular weight is 346 g/mol. The van der Waals surface area contributed by atoms with E-state index in [1.807, 2.05) is 36.6 Å². The molecular weight excluding hydrogens is 324 g/mol.